The van der Waals surface area contributed by atoms with Crippen LogP contribution in [0.15, 0.2) is 35.4 Å². The van der Waals surface area contributed by atoms with E-state index in [-0.39, 0.29) is 23.5 Å². The van der Waals surface area contributed by atoms with Gasteiger partial charge in [0.15, 0.2) is 0 Å². The first-order chi connectivity index (χ1) is 20.3. The third kappa shape index (κ3) is 8.63. The first-order valence-electron chi connectivity index (χ1n) is 14.2. The molecule has 0 radical (unpaired) electrons. The van der Waals surface area contributed by atoms with Gasteiger partial charge in [-0.05, 0) is 64.8 Å². The maximum Gasteiger partial charge on any atom is 0.390 e. The maximum atomic E-state index is 13.6. The van der Waals surface area contributed by atoms with Crippen molar-refractivity contribution in [3.63, 3.8) is 0 Å². The zero-order valence-electron chi connectivity index (χ0n) is 24.7. The number of sulfonamides is 1. The van der Waals surface area contributed by atoms with Crippen molar-refractivity contribution in [1.29, 1.82) is 0 Å². The summed E-state index contributed by atoms with van der Waals surface area (Å²) < 4.78 is 70.2. The molecule has 4 rings (SSSR count). The van der Waals surface area contributed by atoms with Crippen molar-refractivity contribution in [2.24, 2.45) is 0 Å². The number of fused-ring (bicyclic) bond motifs is 1. The number of alkyl halides is 3. The van der Waals surface area contributed by atoms with Gasteiger partial charge >= 0.3 is 6.18 Å². The Labute approximate surface area is 248 Å². The molecule has 3 aromatic rings. The van der Waals surface area contributed by atoms with Crippen molar-refractivity contribution >= 4 is 32.8 Å². The number of rotatable bonds is 12. The van der Waals surface area contributed by atoms with E-state index in [1.54, 1.807) is 23.9 Å². The van der Waals surface area contributed by atoms with Crippen LogP contribution >= 0.6 is 0 Å². The predicted octanol–water partition coefficient (Wildman–Crippen LogP) is 4.43. The average molecular weight is 626 g/mol. The second-order valence-corrected chi connectivity index (χ2v) is 13.0. The molecule has 11 nitrogen and oxygen atoms in total. The first-order valence-corrected chi connectivity index (χ1v) is 15.8. The molecule has 15 heteroatoms. The number of halogens is 3. The molecule has 0 amide bonds. The quantitative estimate of drug-likeness (QED) is 0.300. The van der Waals surface area contributed by atoms with Gasteiger partial charge in [0, 0.05) is 60.7 Å². The van der Waals surface area contributed by atoms with Gasteiger partial charge in [-0.25, -0.2) is 18.4 Å². The Hall–Kier alpha value is -3.30. The van der Waals surface area contributed by atoms with Gasteiger partial charge in [-0.15, -0.1) is 0 Å². The van der Waals surface area contributed by atoms with E-state index in [1.165, 1.54) is 18.3 Å². The predicted molar refractivity (Wildman–Crippen MR) is 160 cm³/mol. The number of pyridine rings is 2. The van der Waals surface area contributed by atoms with Gasteiger partial charge in [0.2, 0.25) is 16.0 Å². The van der Waals surface area contributed by atoms with Gasteiger partial charge in [0.25, 0.3) is 5.56 Å². The first kappa shape index (κ1) is 32.6. The van der Waals surface area contributed by atoms with Crippen LogP contribution in [0.3, 0.4) is 0 Å². The zero-order chi connectivity index (χ0) is 31.4. The van der Waals surface area contributed by atoms with E-state index in [0.717, 1.165) is 32.2 Å². The van der Waals surface area contributed by atoms with Crippen LogP contribution in [-0.2, 0) is 14.8 Å². The van der Waals surface area contributed by atoms with Crippen LogP contribution in [0.25, 0.3) is 22.2 Å². The fourth-order valence-corrected chi connectivity index (χ4v) is 6.25. The molecule has 2 N–H and O–H groups in total. The summed E-state index contributed by atoms with van der Waals surface area (Å²) in [5, 5.41) is 4.07. The second-order valence-electron chi connectivity index (χ2n) is 11.1. The summed E-state index contributed by atoms with van der Waals surface area (Å²) in [6.45, 7) is 5.35. The lowest BCUT2D eigenvalue weighted by Gasteiger charge is -2.34. The Morgan fingerprint density at radius 3 is 2.47 bits per heavy atom. The summed E-state index contributed by atoms with van der Waals surface area (Å²) in [4.78, 5) is 29.2. The maximum absolute atomic E-state index is 13.6. The Kier molecular flexibility index (Phi) is 10.3. The molecule has 236 valence electrons. The molecule has 1 aliphatic carbocycles. The Bertz CT molecular complexity index is 1560. The number of hydrogen-bond acceptors (Lipinski definition) is 9. The van der Waals surface area contributed by atoms with Gasteiger partial charge in [-0.3, -0.25) is 14.1 Å². The average Bonchev–Trinajstić information content (AvgIpc) is 2.95. The van der Waals surface area contributed by atoms with Gasteiger partial charge in [-0.1, -0.05) is 0 Å². The smallest absolute Gasteiger partial charge is 0.383 e. The molecule has 0 atom stereocenters. The highest BCUT2D eigenvalue weighted by molar-refractivity contribution is 7.92. The molecule has 0 saturated heterocycles. The summed E-state index contributed by atoms with van der Waals surface area (Å²) >= 11 is 0. The molecule has 0 bridgehead atoms. The molecule has 0 aliphatic heterocycles. The lowest BCUT2D eigenvalue weighted by molar-refractivity contribution is -0.129. The van der Waals surface area contributed by atoms with Gasteiger partial charge in [-0.2, -0.15) is 18.2 Å². The molecular weight excluding hydrogens is 587 g/mol. The molecule has 0 aromatic carbocycles. The van der Waals surface area contributed by atoms with E-state index in [2.05, 4.69) is 27.2 Å². The minimum absolute atomic E-state index is 0.148. The third-order valence-corrected chi connectivity index (χ3v) is 8.84. The zero-order valence-corrected chi connectivity index (χ0v) is 25.5. The molecule has 1 saturated carbocycles. The molecule has 3 aromatic heterocycles. The van der Waals surface area contributed by atoms with Crippen LogP contribution in [0.5, 0.6) is 0 Å². The Balaban J connectivity index is 1.51. The van der Waals surface area contributed by atoms with Crippen LogP contribution < -0.4 is 15.6 Å². The van der Waals surface area contributed by atoms with Crippen molar-refractivity contribution in [2.75, 3.05) is 43.1 Å². The van der Waals surface area contributed by atoms with Crippen molar-refractivity contribution in [2.45, 2.75) is 70.3 Å². The van der Waals surface area contributed by atoms with E-state index < -0.39 is 28.4 Å². The summed E-state index contributed by atoms with van der Waals surface area (Å²) in [5.41, 5.74) is 0.887. The highest BCUT2D eigenvalue weighted by atomic mass is 32.2. The molecular formula is C28H38F3N7O4S. The SMILES string of the molecule is COCCN(C)[C@H]1CC[C@H](Nc2ncc3cc(-c4ccc(NS(=O)(=O)CCC(F)(F)F)nc4)c(=O)n(C(C)C)c3n2)CC1. The minimum Gasteiger partial charge on any atom is -0.383 e. The number of likely N-dealkylation sites (N-methyl/N-ethyl adjacent to an activating group) is 1. The molecule has 1 fully saturated rings. The normalized spacial score (nSPS) is 18.0. The highest BCUT2D eigenvalue weighted by Crippen LogP contribution is 2.27. The standard InChI is InChI=1S/C28H38F3N7O4S/c1-18(2)38-25-20(17-33-27(35-25)34-21-6-8-22(9-7-21)37(3)12-13-42-4)15-23(26(38)39)19-5-10-24(32-16-19)36-43(40,41)14-11-28(29,30)31/h5,10,15-18,21-22H,6-9,11-14H2,1-4H3,(H,32,36)(H,33,34,35)/t21-,22-. The molecule has 3 heterocycles. The van der Waals surface area contributed by atoms with Gasteiger partial charge in [0.1, 0.15) is 11.5 Å². The number of ether oxygens (including phenoxy) is 1. The van der Waals surface area contributed by atoms with E-state index in [9.17, 15) is 26.4 Å². The highest BCUT2D eigenvalue weighted by Gasteiger charge is 2.30. The number of nitrogens with zero attached hydrogens (tertiary/aromatic N) is 5. The Morgan fingerprint density at radius 2 is 1.86 bits per heavy atom. The summed E-state index contributed by atoms with van der Waals surface area (Å²) in [5.74, 6) is -0.812. The fraction of sp³-hybridized carbons (Fsp3) is 0.571. The second kappa shape index (κ2) is 13.6. The summed E-state index contributed by atoms with van der Waals surface area (Å²) in [6, 6.07) is 4.94. The minimum atomic E-state index is -4.60. The molecule has 43 heavy (non-hydrogen) atoms. The van der Waals surface area contributed by atoms with E-state index >= 15 is 0 Å². The summed E-state index contributed by atoms with van der Waals surface area (Å²) in [7, 11) is -0.424. The van der Waals surface area contributed by atoms with E-state index in [1.807, 2.05) is 18.6 Å². The lowest BCUT2D eigenvalue weighted by atomic mass is 9.90. The summed E-state index contributed by atoms with van der Waals surface area (Å²) in [6.07, 6.45) is 0.934. The van der Waals surface area contributed by atoms with Crippen molar-refractivity contribution in [3.8, 4) is 11.1 Å². The van der Waals surface area contributed by atoms with E-state index in [0.29, 0.717) is 40.8 Å². The molecule has 1 aliphatic rings. The number of anilines is 2. The molecule has 0 spiro atoms. The largest absolute Gasteiger partial charge is 0.390 e. The Morgan fingerprint density at radius 1 is 1.14 bits per heavy atom. The fourth-order valence-electron chi connectivity index (χ4n) is 5.21. The molecule has 0 unspecified atom stereocenters. The number of methoxy groups -OCH3 is 1. The van der Waals surface area contributed by atoms with Crippen LogP contribution in [0.1, 0.15) is 52.0 Å². The van der Waals surface area contributed by atoms with E-state index in [4.69, 9.17) is 9.72 Å². The van der Waals surface area contributed by atoms with Crippen LogP contribution in [0, 0.1) is 0 Å². The van der Waals surface area contributed by atoms with Crippen LogP contribution in [0.2, 0.25) is 0 Å². The van der Waals surface area contributed by atoms with Gasteiger partial charge in [0.05, 0.1) is 18.8 Å². The van der Waals surface area contributed by atoms with Crippen LogP contribution in [0.4, 0.5) is 24.9 Å². The van der Waals surface area contributed by atoms with Crippen molar-refractivity contribution in [3.05, 3.63) is 40.9 Å². The third-order valence-electron chi connectivity index (χ3n) is 7.58. The van der Waals surface area contributed by atoms with Crippen molar-refractivity contribution in [1.82, 2.24) is 24.4 Å². The van der Waals surface area contributed by atoms with Crippen LogP contribution in [-0.4, -0.2) is 84.2 Å². The van der Waals surface area contributed by atoms with Gasteiger partial charge < -0.3 is 15.0 Å². The topological polar surface area (TPSA) is 131 Å². The monoisotopic (exact) mass is 625 g/mol. The lowest BCUT2D eigenvalue weighted by Crippen LogP contribution is -2.39. The van der Waals surface area contributed by atoms with Crippen molar-refractivity contribution < 1.29 is 26.3 Å². The number of nitrogens with one attached hydrogen (secondary N) is 2. The number of hydrogen-bond donors (Lipinski definition) is 2. The number of aromatic nitrogens is 4.